The van der Waals surface area contributed by atoms with Gasteiger partial charge in [0.1, 0.15) is 0 Å². The number of hydrogen-bond donors (Lipinski definition) is 1. The second-order valence-electron chi connectivity index (χ2n) is 7.23. The third-order valence-electron chi connectivity index (χ3n) is 4.29. The minimum Gasteiger partial charge on any atom is -0.382 e. The molecule has 1 saturated heterocycles. The van der Waals surface area contributed by atoms with Crippen LogP contribution in [0.5, 0.6) is 0 Å². The maximum Gasteiger partial charge on any atom is 0.0700 e. The fourth-order valence-corrected chi connectivity index (χ4v) is 3.46. The highest BCUT2D eigenvalue weighted by Gasteiger charge is 2.48. The summed E-state index contributed by atoms with van der Waals surface area (Å²) < 4.78 is 16.9. The zero-order valence-electron chi connectivity index (χ0n) is 14.8. The first kappa shape index (κ1) is 18.9. The summed E-state index contributed by atoms with van der Waals surface area (Å²) in [7, 11) is 1.70. The molecule has 0 spiro atoms. The molecule has 1 aliphatic heterocycles. The molecule has 1 fully saturated rings. The van der Waals surface area contributed by atoms with Crippen LogP contribution in [0.2, 0.25) is 0 Å². The third-order valence-corrected chi connectivity index (χ3v) is 4.29. The van der Waals surface area contributed by atoms with E-state index in [1.165, 1.54) is 0 Å². The monoisotopic (exact) mass is 301 g/mol. The molecule has 0 bridgehead atoms. The lowest BCUT2D eigenvalue weighted by atomic mass is 9.80. The van der Waals surface area contributed by atoms with Crippen LogP contribution in [-0.2, 0) is 14.2 Å². The smallest absolute Gasteiger partial charge is 0.0700 e. The highest BCUT2D eigenvalue weighted by atomic mass is 16.5. The van der Waals surface area contributed by atoms with Gasteiger partial charge in [-0.05, 0) is 53.5 Å². The molecule has 126 valence electrons. The van der Waals surface area contributed by atoms with E-state index in [1.807, 2.05) is 0 Å². The molecule has 0 aliphatic carbocycles. The number of hydrogen-bond acceptors (Lipinski definition) is 4. The van der Waals surface area contributed by atoms with Gasteiger partial charge in [0, 0.05) is 25.7 Å². The Morgan fingerprint density at radius 2 is 1.90 bits per heavy atom. The Kier molecular flexibility index (Phi) is 7.62. The van der Waals surface area contributed by atoms with Crippen LogP contribution in [0.15, 0.2) is 0 Å². The minimum absolute atomic E-state index is 0.0305. The molecule has 0 radical (unpaired) electrons. The predicted molar refractivity (Wildman–Crippen MR) is 86.7 cm³/mol. The summed E-state index contributed by atoms with van der Waals surface area (Å²) in [4.78, 5) is 0. The van der Waals surface area contributed by atoms with Crippen molar-refractivity contribution >= 4 is 0 Å². The Bertz CT molecular complexity index is 292. The highest BCUT2D eigenvalue weighted by Crippen LogP contribution is 2.44. The third kappa shape index (κ3) is 6.23. The summed E-state index contributed by atoms with van der Waals surface area (Å²) in [5.41, 5.74) is -0.112. The Balaban J connectivity index is 2.55. The fourth-order valence-electron chi connectivity index (χ4n) is 3.46. The van der Waals surface area contributed by atoms with Gasteiger partial charge in [0.25, 0.3) is 0 Å². The zero-order valence-corrected chi connectivity index (χ0v) is 14.8. The number of rotatable bonds is 10. The fraction of sp³-hybridized carbons (Fsp3) is 1.00. The molecule has 2 unspecified atom stereocenters. The van der Waals surface area contributed by atoms with E-state index in [9.17, 15) is 0 Å². The molecule has 0 aromatic rings. The molecule has 1 N–H and O–H groups in total. The number of ether oxygens (including phenoxy) is 3. The van der Waals surface area contributed by atoms with Gasteiger partial charge in [0.15, 0.2) is 0 Å². The van der Waals surface area contributed by atoms with Crippen molar-refractivity contribution in [3.05, 3.63) is 0 Å². The molecule has 0 amide bonds. The van der Waals surface area contributed by atoms with Crippen molar-refractivity contribution < 1.29 is 14.2 Å². The maximum atomic E-state index is 6.25. The van der Waals surface area contributed by atoms with Crippen molar-refractivity contribution in [2.75, 3.05) is 33.5 Å². The molecule has 1 rings (SSSR count). The van der Waals surface area contributed by atoms with Gasteiger partial charge in [-0.3, -0.25) is 0 Å². The molecule has 1 aliphatic rings. The van der Waals surface area contributed by atoms with Gasteiger partial charge in [-0.15, -0.1) is 0 Å². The Labute approximate surface area is 130 Å². The first-order valence-electron chi connectivity index (χ1n) is 8.32. The van der Waals surface area contributed by atoms with Gasteiger partial charge in [0.2, 0.25) is 0 Å². The van der Waals surface area contributed by atoms with Crippen molar-refractivity contribution in [1.29, 1.82) is 0 Å². The van der Waals surface area contributed by atoms with Gasteiger partial charge in [-0.1, -0.05) is 6.92 Å². The molecule has 21 heavy (non-hydrogen) atoms. The molecule has 1 heterocycles. The zero-order chi connectivity index (χ0) is 15.9. The molecule has 2 atom stereocenters. The standard InChI is InChI=1S/C17H35NO3/c1-7-9-18-15(8-10-20-12-11-19-6)14-13-16(2,3)21-17(14,4)5/h14-15,18H,7-13H2,1-6H3. The van der Waals surface area contributed by atoms with Crippen molar-refractivity contribution in [3.8, 4) is 0 Å². The minimum atomic E-state index is -0.0819. The van der Waals surface area contributed by atoms with Crippen molar-refractivity contribution in [2.45, 2.75) is 71.1 Å². The summed E-state index contributed by atoms with van der Waals surface area (Å²) in [6, 6.07) is 0.448. The van der Waals surface area contributed by atoms with Gasteiger partial charge in [-0.2, -0.15) is 0 Å². The van der Waals surface area contributed by atoms with Crippen LogP contribution < -0.4 is 5.32 Å². The van der Waals surface area contributed by atoms with Crippen LogP contribution >= 0.6 is 0 Å². The summed E-state index contributed by atoms with van der Waals surface area (Å²) >= 11 is 0. The first-order chi connectivity index (χ1) is 9.82. The van der Waals surface area contributed by atoms with Gasteiger partial charge in [-0.25, -0.2) is 0 Å². The van der Waals surface area contributed by atoms with E-state index in [-0.39, 0.29) is 11.2 Å². The van der Waals surface area contributed by atoms with Crippen molar-refractivity contribution in [1.82, 2.24) is 5.32 Å². The van der Waals surface area contributed by atoms with Gasteiger partial charge in [0.05, 0.1) is 24.4 Å². The van der Waals surface area contributed by atoms with E-state index >= 15 is 0 Å². The summed E-state index contributed by atoms with van der Waals surface area (Å²) in [6.45, 7) is 14.2. The lowest BCUT2D eigenvalue weighted by Gasteiger charge is -2.33. The van der Waals surface area contributed by atoms with E-state index in [2.05, 4.69) is 39.9 Å². The van der Waals surface area contributed by atoms with Crippen molar-refractivity contribution in [3.63, 3.8) is 0 Å². The molecule has 0 aromatic heterocycles. The number of methoxy groups -OCH3 is 1. The van der Waals surface area contributed by atoms with Crippen LogP contribution in [0.3, 0.4) is 0 Å². The van der Waals surface area contributed by atoms with Crippen LogP contribution in [0.1, 0.15) is 53.9 Å². The molecular formula is C17H35NO3. The molecule has 4 heteroatoms. The first-order valence-corrected chi connectivity index (χ1v) is 8.32. The van der Waals surface area contributed by atoms with Gasteiger partial charge >= 0.3 is 0 Å². The summed E-state index contributed by atoms with van der Waals surface area (Å²) in [5, 5.41) is 3.70. The average molecular weight is 301 g/mol. The highest BCUT2D eigenvalue weighted by molar-refractivity contribution is 4.99. The lowest BCUT2D eigenvalue weighted by molar-refractivity contribution is -0.0785. The van der Waals surface area contributed by atoms with E-state index in [1.54, 1.807) is 7.11 Å². The normalized spacial score (nSPS) is 25.1. The summed E-state index contributed by atoms with van der Waals surface area (Å²) in [6.07, 6.45) is 3.27. The maximum absolute atomic E-state index is 6.25. The molecular weight excluding hydrogens is 266 g/mol. The summed E-state index contributed by atoms with van der Waals surface area (Å²) in [5.74, 6) is 0.519. The Morgan fingerprint density at radius 3 is 2.43 bits per heavy atom. The Morgan fingerprint density at radius 1 is 1.19 bits per heavy atom. The van der Waals surface area contributed by atoms with Gasteiger partial charge < -0.3 is 19.5 Å². The van der Waals surface area contributed by atoms with Crippen LogP contribution in [0.4, 0.5) is 0 Å². The number of nitrogens with one attached hydrogen (secondary N) is 1. The quantitative estimate of drug-likeness (QED) is 0.630. The van der Waals surface area contributed by atoms with Crippen LogP contribution in [-0.4, -0.2) is 50.7 Å². The predicted octanol–water partition coefficient (Wildman–Crippen LogP) is 3.00. The van der Waals surface area contributed by atoms with Crippen LogP contribution in [0, 0.1) is 5.92 Å². The molecule has 0 saturated carbocycles. The average Bonchev–Trinajstić information content (AvgIpc) is 2.61. The topological polar surface area (TPSA) is 39.7 Å². The van der Waals surface area contributed by atoms with E-state index in [4.69, 9.17) is 14.2 Å². The van der Waals surface area contributed by atoms with Crippen molar-refractivity contribution in [2.24, 2.45) is 5.92 Å². The second-order valence-corrected chi connectivity index (χ2v) is 7.23. The lowest BCUT2D eigenvalue weighted by Crippen LogP contribution is -2.45. The van der Waals surface area contributed by atoms with E-state index < -0.39 is 0 Å². The van der Waals surface area contributed by atoms with E-state index in [0.29, 0.717) is 25.2 Å². The molecule has 4 nitrogen and oxygen atoms in total. The largest absolute Gasteiger partial charge is 0.382 e. The van der Waals surface area contributed by atoms with Crippen LogP contribution in [0.25, 0.3) is 0 Å². The molecule has 0 aromatic carbocycles. The Hall–Kier alpha value is -0.160. The SMILES string of the molecule is CCCNC(CCOCCOC)C1CC(C)(C)OC1(C)C. The second kappa shape index (κ2) is 8.47. The van der Waals surface area contributed by atoms with E-state index in [0.717, 1.165) is 32.4 Å².